The van der Waals surface area contributed by atoms with Crippen LogP contribution in [0.15, 0.2) is 5.03 Å². The average Bonchev–Trinajstić information content (AvgIpc) is 2.53. The summed E-state index contributed by atoms with van der Waals surface area (Å²) in [5.74, 6) is 2.45. The van der Waals surface area contributed by atoms with E-state index < -0.39 is 0 Å². The molecule has 0 aromatic carbocycles. The molecular formula is C10H17NS2. The van der Waals surface area contributed by atoms with E-state index in [4.69, 9.17) is 6.42 Å². The Bertz CT molecular complexity index is 239. The molecule has 0 bridgehead atoms. The van der Waals surface area contributed by atoms with Crippen LogP contribution in [-0.2, 0) is 0 Å². The van der Waals surface area contributed by atoms with E-state index in [9.17, 15) is 0 Å². The van der Waals surface area contributed by atoms with Crippen molar-refractivity contribution >= 4 is 24.0 Å². The van der Waals surface area contributed by atoms with Crippen LogP contribution in [0.5, 0.6) is 0 Å². The maximum absolute atomic E-state index is 5.10. The summed E-state index contributed by atoms with van der Waals surface area (Å²) in [7, 11) is 0. The molecule has 0 aliphatic rings. The SMILES string of the molecule is C#Cc1nc(S)c(C)s1.CC.CC. The Morgan fingerprint density at radius 2 is 1.77 bits per heavy atom. The number of hydrogen-bond donors (Lipinski definition) is 1. The second-order valence-electron chi connectivity index (χ2n) is 1.54. The molecule has 1 heterocycles. The van der Waals surface area contributed by atoms with Crippen LogP contribution in [0.25, 0.3) is 0 Å². The predicted molar refractivity (Wildman–Crippen MR) is 64.7 cm³/mol. The predicted octanol–water partition coefficient (Wildman–Crippen LogP) is 3.77. The van der Waals surface area contributed by atoms with Gasteiger partial charge >= 0.3 is 0 Å². The first-order chi connectivity index (χ1) is 6.24. The fourth-order valence-corrected chi connectivity index (χ4v) is 1.38. The van der Waals surface area contributed by atoms with Gasteiger partial charge in [0.2, 0.25) is 0 Å². The molecule has 0 amide bonds. The molecule has 0 saturated carbocycles. The Hall–Kier alpha value is -0.460. The summed E-state index contributed by atoms with van der Waals surface area (Å²) in [5, 5.41) is 1.45. The van der Waals surface area contributed by atoms with Crippen molar-refractivity contribution in [1.82, 2.24) is 4.98 Å². The quantitative estimate of drug-likeness (QED) is 0.513. The van der Waals surface area contributed by atoms with Crippen molar-refractivity contribution in [3.05, 3.63) is 9.88 Å². The number of rotatable bonds is 0. The van der Waals surface area contributed by atoms with E-state index in [1.54, 1.807) is 0 Å². The van der Waals surface area contributed by atoms with Crippen LogP contribution in [0.2, 0.25) is 0 Å². The summed E-state index contributed by atoms with van der Waals surface area (Å²) < 4.78 is 0. The number of aromatic nitrogens is 1. The van der Waals surface area contributed by atoms with Gasteiger partial charge in [-0.15, -0.1) is 30.4 Å². The van der Waals surface area contributed by atoms with Crippen molar-refractivity contribution in [2.45, 2.75) is 39.6 Å². The summed E-state index contributed by atoms with van der Waals surface area (Å²) in [6, 6.07) is 0. The molecule has 0 unspecified atom stereocenters. The Morgan fingerprint density at radius 3 is 1.92 bits per heavy atom. The van der Waals surface area contributed by atoms with Crippen LogP contribution < -0.4 is 0 Å². The van der Waals surface area contributed by atoms with Gasteiger partial charge in [0.25, 0.3) is 0 Å². The van der Waals surface area contributed by atoms with Gasteiger partial charge in [0.1, 0.15) is 5.03 Å². The molecule has 0 N–H and O–H groups in total. The molecule has 0 radical (unpaired) electrons. The van der Waals surface area contributed by atoms with Crippen LogP contribution in [0.4, 0.5) is 0 Å². The average molecular weight is 215 g/mol. The molecular weight excluding hydrogens is 198 g/mol. The summed E-state index contributed by atoms with van der Waals surface area (Å²) >= 11 is 5.57. The van der Waals surface area contributed by atoms with Crippen molar-refractivity contribution in [2.24, 2.45) is 0 Å². The molecule has 0 saturated heterocycles. The molecule has 0 aliphatic carbocycles. The number of thiazole rings is 1. The molecule has 0 fully saturated rings. The molecule has 0 spiro atoms. The van der Waals surface area contributed by atoms with Gasteiger partial charge in [0.15, 0.2) is 5.01 Å². The third-order valence-corrected chi connectivity index (χ3v) is 2.38. The molecule has 3 heteroatoms. The first-order valence-corrected chi connectivity index (χ1v) is 5.63. The van der Waals surface area contributed by atoms with E-state index in [1.807, 2.05) is 34.6 Å². The van der Waals surface area contributed by atoms with Crippen LogP contribution in [-0.4, -0.2) is 4.98 Å². The number of hydrogen-bond acceptors (Lipinski definition) is 3. The zero-order valence-electron chi connectivity index (χ0n) is 8.88. The lowest BCUT2D eigenvalue weighted by molar-refractivity contribution is 1.16. The molecule has 13 heavy (non-hydrogen) atoms. The van der Waals surface area contributed by atoms with Crippen molar-refractivity contribution in [3.63, 3.8) is 0 Å². The minimum absolute atomic E-state index is 0.706. The van der Waals surface area contributed by atoms with Crippen molar-refractivity contribution in [3.8, 4) is 12.3 Å². The Labute approximate surface area is 91.0 Å². The van der Waals surface area contributed by atoms with Crippen molar-refractivity contribution in [1.29, 1.82) is 0 Å². The minimum Gasteiger partial charge on any atom is -0.221 e. The zero-order chi connectivity index (χ0) is 10.9. The third-order valence-electron chi connectivity index (χ3n) is 0.896. The lowest BCUT2D eigenvalue weighted by atomic mass is 10.6. The van der Waals surface area contributed by atoms with Crippen molar-refractivity contribution in [2.75, 3.05) is 0 Å². The molecule has 1 aromatic rings. The van der Waals surface area contributed by atoms with Gasteiger partial charge in [0, 0.05) is 4.88 Å². The first kappa shape index (κ1) is 15.0. The van der Waals surface area contributed by atoms with Gasteiger partial charge in [-0.2, -0.15) is 0 Å². The number of terminal acetylenes is 1. The summed E-state index contributed by atoms with van der Waals surface area (Å²) in [6.07, 6.45) is 5.10. The maximum atomic E-state index is 5.10. The van der Waals surface area contributed by atoms with Crippen molar-refractivity contribution < 1.29 is 0 Å². The molecule has 0 atom stereocenters. The highest BCUT2D eigenvalue weighted by atomic mass is 32.1. The number of aryl methyl sites for hydroxylation is 1. The molecule has 1 nitrogen and oxygen atoms in total. The van der Waals surface area contributed by atoms with E-state index in [2.05, 4.69) is 23.5 Å². The normalized spacial score (nSPS) is 7.15. The van der Waals surface area contributed by atoms with E-state index in [-0.39, 0.29) is 0 Å². The smallest absolute Gasteiger partial charge is 0.168 e. The fourth-order valence-electron chi connectivity index (χ4n) is 0.450. The molecule has 1 aromatic heterocycles. The summed E-state index contributed by atoms with van der Waals surface area (Å²) in [5.41, 5.74) is 0. The topological polar surface area (TPSA) is 12.9 Å². The molecule has 74 valence electrons. The zero-order valence-corrected chi connectivity index (χ0v) is 10.6. The largest absolute Gasteiger partial charge is 0.221 e. The number of nitrogens with zero attached hydrogens (tertiary/aromatic N) is 1. The highest BCUT2D eigenvalue weighted by Gasteiger charge is 1.99. The maximum Gasteiger partial charge on any atom is 0.168 e. The molecule has 0 aliphatic heterocycles. The number of thiol groups is 1. The standard InChI is InChI=1S/C6H5NS2.2C2H6/c1-3-5-7-6(8)4(2)9-5;2*1-2/h1,8H,2H3;2*1-2H3. The lowest BCUT2D eigenvalue weighted by Gasteiger charge is -1.76. The van der Waals surface area contributed by atoms with E-state index >= 15 is 0 Å². The fraction of sp³-hybridized carbons (Fsp3) is 0.500. The summed E-state index contributed by atoms with van der Waals surface area (Å²) in [6.45, 7) is 9.95. The first-order valence-electron chi connectivity index (χ1n) is 4.37. The second kappa shape index (κ2) is 9.63. The third kappa shape index (κ3) is 5.73. The van der Waals surface area contributed by atoms with Gasteiger partial charge in [0.05, 0.1) is 0 Å². The summed E-state index contributed by atoms with van der Waals surface area (Å²) in [4.78, 5) is 5.05. The van der Waals surface area contributed by atoms with Crippen LogP contribution in [0.3, 0.4) is 0 Å². The second-order valence-corrected chi connectivity index (χ2v) is 3.17. The van der Waals surface area contributed by atoms with E-state index in [1.165, 1.54) is 11.3 Å². The van der Waals surface area contributed by atoms with Gasteiger partial charge < -0.3 is 0 Å². The highest BCUT2D eigenvalue weighted by molar-refractivity contribution is 7.80. The Balaban J connectivity index is 0. The van der Waals surface area contributed by atoms with E-state index in [0.29, 0.717) is 5.01 Å². The van der Waals surface area contributed by atoms with E-state index in [0.717, 1.165) is 9.90 Å². The monoisotopic (exact) mass is 215 g/mol. The Morgan fingerprint density at radius 1 is 1.31 bits per heavy atom. The van der Waals surface area contributed by atoms with Gasteiger partial charge in [-0.3, -0.25) is 0 Å². The Kier molecular flexibility index (Phi) is 11.1. The highest BCUT2D eigenvalue weighted by Crippen LogP contribution is 2.18. The van der Waals surface area contributed by atoms with Gasteiger partial charge in [-0.25, -0.2) is 4.98 Å². The van der Waals surface area contributed by atoms with Crippen LogP contribution in [0.1, 0.15) is 37.6 Å². The van der Waals surface area contributed by atoms with Gasteiger partial charge in [-0.05, 0) is 12.8 Å². The lowest BCUT2D eigenvalue weighted by Crippen LogP contribution is -1.67. The minimum atomic E-state index is 0.706. The van der Waals surface area contributed by atoms with Crippen LogP contribution >= 0.6 is 24.0 Å². The van der Waals surface area contributed by atoms with Crippen LogP contribution in [0, 0.1) is 19.3 Å². The molecule has 1 rings (SSSR count). The van der Waals surface area contributed by atoms with Gasteiger partial charge in [-0.1, -0.05) is 27.7 Å².